The summed E-state index contributed by atoms with van der Waals surface area (Å²) in [5.41, 5.74) is 0. The van der Waals surface area contributed by atoms with Gasteiger partial charge in [0.1, 0.15) is 11.9 Å². The lowest BCUT2D eigenvalue weighted by molar-refractivity contribution is -0.142. The Bertz CT molecular complexity index is 536. The van der Waals surface area contributed by atoms with Crippen LogP contribution in [0.15, 0.2) is 0 Å². The summed E-state index contributed by atoms with van der Waals surface area (Å²) < 4.78 is 10.2. The zero-order valence-electron chi connectivity index (χ0n) is 14.0. The minimum atomic E-state index is -0.222. The van der Waals surface area contributed by atoms with Gasteiger partial charge < -0.3 is 14.5 Å². The third-order valence-electron chi connectivity index (χ3n) is 4.69. The van der Waals surface area contributed by atoms with Crippen LogP contribution in [0.3, 0.4) is 0 Å². The molecule has 0 unspecified atom stereocenters. The van der Waals surface area contributed by atoms with Crippen LogP contribution in [-0.4, -0.2) is 58.6 Å². The summed E-state index contributed by atoms with van der Waals surface area (Å²) in [6, 6.07) is 0. The maximum Gasteiger partial charge on any atom is 0.251 e. The Morgan fingerprint density at radius 3 is 2.83 bits per heavy atom. The van der Waals surface area contributed by atoms with Crippen molar-refractivity contribution in [2.24, 2.45) is 0 Å². The summed E-state index contributed by atoms with van der Waals surface area (Å²) >= 11 is 1.46. The summed E-state index contributed by atoms with van der Waals surface area (Å²) in [7, 11) is 0. The lowest BCUT2D eigenvalue weighted by Gasteiger charge is -2.24. The van der Waals surface area contributed by atoms with Crippen molar-refractivity contribution in [3.63, 3.8) is 0 Å². The van der Waals surface area contributed by atoms with Crippen LogP contribution in [0, 0.1) is 0 Å². The van der Waals surface area contributed by atoms with Crippen LogP contribution < -0.4 is 4.90 Å². The average Bonchev–Trinajstić information content (AvgIpc) is 3.18. The van der Waals surface area contributed by atoms with Crippen LogP contribution in [0.1, 0.15) is 45.4 Å². The van der Waals surface area contributed by atoms with E-state index in [2.05, 4.69) is 28.1 Å². The highest BCUT2D eigenvalue weighted by atomic mass is 32.1. The third kappa shape index (κ3) is 3.83. The predicted molar refractivity (Wildman–Crippen MR) is 90.9 cm³/mol. The fourth-order valence-electron chi connectivity index (χ4n) is 3.24. The Morgan fingerprint density at radius 2 is 2.13 bits per heavy atom. The molecule has 0 N–H and O–H groups in total. The largest absolute Gasteiger partial charge is 0.365 e. The quantitative estimate of drug-likeness (QED) is 0.841. The molecular formula is C16H26N4O2S. The fraction of sp³-hybridized carbons (Fsp3) is 0.812. The number of amides is 1. The Morgan fingerprint density at radius 1 is 1.26 bits per heavy atom. The SMILES string of the molecule is CCc1nsc(N2CCCN(C(=O)[C@H]3CC[C@@H](CC)O3)CC2)n1. The second-order valence-electron chi connectivity index (χ2n) is 6.24. The highest BCUT2D eigenvalue weighted by Crippen LogP contribution is 2.24. The molecule has 3 heterocycles. The molecule has 0 aromatic carbocycles. The van der Waals surface area contributed by atoms with E-state index < -0.39 is 0 Å². The first kappa shape index (κ1) is 16.6. The van der Waals surface area contributed by atoms with E-state index in [1.54, 1.807) is 0 Å². The molecule has 0 radical (unpaired) electrons. The molecule has 0 bridgehead atoms. The van der Waals surface area contributed by atoms with Crippen LogP contribution in [0.5, 0.6) is 0 Å². The molecule has 2 atom stereocenters. The number of carbonyl (C=O) groups excluding carboxylic acids is 1. The lowest BCUT2D eigenvalue weighted by atomic mass is 10.1. The maximum atomic E-state index is 12.7. The van der Waals surface area contributed by atoms with Crippen LogP contribution >= 0.6 is 11.5 Å². The van der Waals surface area contributed by atoms with Crippen molar-refractivity contribution in [1.82, 2.24) is 14.3 Å². The van der Waals surface area contributed by atoms with Gasteiger partial charge in [-0.25, -0.2) is 4.98 Å². The molecule has 6 nitrogen and oxygen atoms in total. The summed E-state index contributed by atoms with van der Waals surface area (Å²) in [6.07, 6.45) is 4.75. The Balaban J connectivity index is 1.56. The standard InChI is InChI=1S/C16H26N4O2S/c1-3-12-6-7-13(22-12)15(21)19-8-5-9-20(11-10-19)16-17-14(4-2)18-23-16/h12-13H,3-11H2,1-2H3/t12-,13-/m1/s1. The molecular weight excluding hydrogens is 312 g/mol. The normalized spacial score (nSPS) is 25.7. The molecule has 3 rings (SSSR count). The van der Waals surface area contributed by atoms with Crippen molar-refractivity contribution in [1.29, 1.82) is 0 Å². The molecule has 0 saturated carbocycles. The zero-order chi connectivity index (χ0) is 16.2. The molecule has 2 fully saturated rings. The van der Waals surface area contributed by atoms with Gasteiger partial charge in [0.25, 0.3) is 5.91 Å². The predicted octanol–water partition coefficient (Wildman–Crippen LogP) is 2.10. The molecule has 128 valence electrons. The molecule has 1 aromatic heterocycles. The van der Waals surface area contributed by atoms with Gasteiger partial charge in [-0.3, -0.25) is 4.79 Å². The number of aromatic nitrogens is 2. The molecule has 2 aliphatic rings. The molecule has 2 saturated heterocycles. The number of hydrogen-bond acceptors (Lipinski definition) is 6. The Hall–Kier alpha value is -1.21. The number of anilines is 1. The van der Waals surface area contributed by atoms with E-state index in [1.807, 2.05) is 4.90 Å². The summed E-state index contributed by atoms with van der Waals surface area (Å²) in [5.74, 6) is 1.08. The van der Waals surface area contributed by atoms with Gasteiger partial charge in [0, 0.05) is 44.1 Å². The Labute approximate surface area is 142 Å². The van der Waals surface area contributed by atoms with Crippen molar-refractivity contribution in [3.05, 3.63) is 5.82 Å². The van der Waals surface area contributed by atoms with Gasteiger partial charge in [0.05, 0.1) is 6.10 Å². The molecule has 23 heavy (non-hydrogen) atoms. The van der Waals surface area contributed by atoms with E-state index in [-0.39, 0.29) is 18.1 Å². The van der Waals surface area contributed by atoms with Gasteiger partial charge in [-0.2, -0.15) is 4.37 Å². The summed E-state index contributed by atoms with van der Waals surface area (Å²) in [4.78, 5) is 21.5. The second-order valence-corrected chi connectivity index (χ2v) is 6.98. The number of hydrogen-bond donors (Lipinski definition) is 0. The number of aryl methyl sites for hydroxylation is 1. The first-order valence-corrected chi connectivity index (χ1v) is 9.50. The molecule has 1 aromatic rings. The van der Waals surface area contributed by atoms with E-state index in [1.165, 1.54) is 11.5 Å². The van der Waals surface area contributed by atoms with E-state index in [9.17, 15) is 4.79 Å². The topological polar surface area (TPSA) is 58.6 Å². The van der Waals surface area contributed by atoms with Gasteiger partial charge >= 0.3 is 0 Å². The monoisotopic (exact) mass is 338 g/mol. The van der Waals surface area contributed by atoms with E-state index in [4.69, 9.17) is 4.74 Å². The van der Waals surface area contributed by atoms with Gasteiger partial charge in [-0.1, -0.05) is 13.8 Å². The number of ether oxygens (including phenoxy) is 1. The van der Waals surface area contributed by atoms with Crippen LogP contribution in [0.2, 0.25) is 0 Å². The summed E-state index contributed by atoms with van der Waals surface area (Å²) in [5, 5.41) is 0.985. The van der Waals surface area contributed by atoms with Crippen molar-refractivity contribution in [3.8, 4) is 0 Å². The molecule has 0 spiro atoms. The molecule has 0 aliphatic carbocycles. The van der Waals surface area contributed by atoms with Crippen LogP contribution in [0.25, 0.3) is 0 Å². The highest BCUT2D eigenvalue weighted by Gasteiger charge is 2.33. The van der Waals surface area contributed by atoms with Crippen LogP contribution in [-0.2, 0) is 16.0 Å². The maximum absolute atomic E-state index is 12.7. The third-order valence-corrected chi connectivity index (χ3v) is 5.50. The van der Waals surface area contributed by atoms with E-state index in [0.717, 1.165) is 69.2 Å². The van der Waals surface area contributed by atoms with Gasteiger partial charge in [-0.15, -0.1) is 0 Å². The van der Waals surface area contributed by atoms with Crippen molar-refractivity contribution >= 4 is 22.6 Å². The molecule has 2 aliphatic heterocycles. The smallest absolute Gasteiger partial charge is 0.251 e. The van der Waals surface area contributed by atoms with Crippen molar-refractivity contribution < 1.29 is 9.53 Å². The summed E-state index contributed by atoms with van der Waals surface area (Å²) in [6.45, 7) is 7.51. The highest BCUT2D eigenvalue weighted by molar-refractivity contribution is 7.09. The number of nitrogens with zero attached hydrogens (tertiary/aromatic N) is 4. The first-order valence-electron chi connectivity index (χ1n) is 8.73. The fourth-order valence-corrected chi connectivity index (χ4v) is 4.04. The number of carbonyl (C=O) groups is 1. The molecule has 1 amide bonds. The lowest BCUT2D eigenvalue weighted by Crippen LogP contribution is -2.41. The van der Waals surface area contributed by atoms with Crippen molar-refractivity contribution in [2.45, 2.75) is 58.2 Å². The minimum absolute atomic E-state index is 0.175. The van der Waals surface area contributed by atoms with Gasteiger partial charge in [0.2, 0.25) is 5.13 Å². The Kier molecular flexibility index (Phi) is 5.48. The number of rotatable bonds is 4. The van der Waals surface area contributed by atoms with Gasteiger partial charge in [-0.05, 0) is 25.7 Å². The van der Waals surface area contributed by atoms with Crippen LogP contribution in [0.4, 0.5) is 5.13 Å². The van der Waals surface area contributed by atoms with Gasteiger partial charge in [0.15, 0.2) is 0 Å². The average molecular weight is 338 g/mol. The first-order chi connectivity index (χ1) is 11.2. The zero-order valence-corrected chi connectivity index (χ0v) is 14.8. The van der Waals surface area contributed by atoms with Crippen molar-refractivity contribution in [2.75, 3.05) is 31.1 Å². The minimum Gasteiger partial charge on any atom is -0.365 e. The molecule has 7 heteroatoms. The van der Waals surface area contributed by atoms with E-state index in [0.29, 0.717) is 0 Å². The van der Waals surface area contributed by atoms with E-state index >= 15 is 0 Å². The second kappa shape index (κ2) is 7.57.